The van der Waals surface area contributed by atoms with Crippen molar-refractivity contribution in [3.05, 3.63) is 40.4 Å². The van der Waals surface area contributed by atoms with E-state index in [1.54, 1.807) is 18.2 Å². The third-order valence-corrected chi connectivity index (χ3v) is 4.09. The molecule has 7 nitrogen and oxygen atoms in total. The molecule has 0 radical (unpaired) electrons. The van der Waals surface area contributed by atoms with Crippen LogP contribution in [0.3, 0.4) is 0 Å². The number of carbonyl (C=O) groups is 2. The summed E-state index contributed by atoms with van der Waals surface area (Å²) in [6, 6.07) is 6.20. The quantitative estimate of drug-likeness (QED) is 0.654. The van der Waals surface area contributed by atoms with Crippen molar-refractivity contribution in [1.29, 1.82) is 0 Å². The molecule has 23 heavy (non-hydrogen) atoms. The molecule has 2 aromatic rings. The second-order valence-corrected chi connectivity index (χ2v) is 6.06. The summed E-state index contributed by atoms with van der Waals surface area (Å²) in [5.74, 6) is 0.158. The molecule has 1 aromatic heterocycles. The summed E-state index contributed by atoms with van der Waals surface area (Å²) in [6.45, 7) is 1.41. The largest absolute Gasteiger partial charge is 0.480 e. The first-order chi connectivity index (χ1) is 11.0. The number of para-hydroxylation sites is 1. The molecule has 1 atom stereocenters. The number of nitrogens with one attached hydrogen (secondary N) is 2. The van der Waals surface area contributed by atoms with Gasteiger partial charge in [-0.3, -0.25) is 14.4 Å². The fourth-order valence-electron chi connectivity index (χ4n) is 1.91. The Morgan fingerprint density at radius 1 is 1.39 bits per heavy atom. The lowest BCUT2D eigenvalue weighted by atomic mass is 10.2. The normalized spacial score (nSPS) is 12.0. The SMILES string of the molecule is C[C@@H](NC(=O)CCSCc1nc2ccccc2c(=O)[nH]1)C(=O)O. The first-order valence-electron chi connectivity index (χ1n) is 7.05. The number of carboxylic acids is 1. The zero-order chi connectivity index (χ0) is 16.8. The van der Waals surface area contributed by atoms with E-state index in [1.807, 2.05) is 6.07 Å². The van der Waals surface area contributed by atoms with E-state index in [2.05, 4.69) is 15.3 Å². The molecule has 3 N–H and O–H groups in total. The number of aliphatic carboxylic acids is 1. The van der Waals surface area contributed by atoms with Crippen molar-refractivity contribution in [2.75, 3.05) is 5.75 Å². The predicted octanol–water partition coefficient (Wildman–Crippen LogP) is 1.14. The van der Waals surface area contributed by atoms with Crippen LogP contribution < -0.4 is 10.9 Å². The maximum Gasteiger partial charge on any atom is 0.325 e. The van der Waals surface area contributed by atoms with Crippen molar-refractivity contribution in [1.82, 2.24) is 15.3 Å². The number of benzene rings is 1. The van der Waals surface area contributed by atoms with E-state index in [9.17, 15) is 14.4 Å². The Kier molecular flexibility index (Phi) is 5.75. The van der Waals surface area contributed by atoms with Crippen molar-refractivity contribution in [2.45, 2.75) is 25.1 Å². The molecule has 8 heteroatoms. The van der Waals surface area contributed by atoms with Crippen LogP contribution in [-0.4, -0.2) is 38.7 Å². The van der Waals surface area contributed by atoms with Crippen LogP contribution in [0.4, 0.5) is 0 Å². The van der Waals surface area contributed by atoms with Crippen LogP contribution in [0, 0.1) is 0 Å². The minimum atomic E-state index is -1.07. The van der Waals surface area contributed by atoms with Crippen LogP contribution >= 0.6 is 11.8 Å². The van der Waals surface area contributed by atoms with E-state index in [1.165, 1.54) is 18.7 Å². The van der Waals surface area contributed by atoms with Gasteiger partial charge in [0.1, 0.15) is 11.9 Å². The van der Waals surface area contributed by atoms with Gasteiger partial charge in [-0.1, -0.05) is 12.1 Å². The highest BCUT2D eigenvalue weighted by atomic mass is 32.2. The predicted molar refractivity (Wildman–Crippen MR) is 88.4 cm³/mol. The first kappa shape index (κ1) is 17.0. The number of aromatic amines is 1. The summed E-state index contributed by atoms with van der Waals surface area (Å²) in [6.07, 6.45) is 0.208. The second-order valence-electron chi connectivity index (χ2n) is 4.96. The Balaban J connectivity index is 1.84. The number of hydrogen-bond acceptors (Lipinski definition) is 5. The molecule has 0 aliphatic heterocycles. The topological polar surface area (TPSA) is 112 Å². The van der Waals surface area contributed by atoms with Gasteiger partial charge in [0.15, 0.2) is 0 Å². The molecule has 0 aliphatic rings. The average molecular weight is 335 g/mol. The Morgan fingerprint density at radius 3 is 2.87 bits per heavy atom. The Morgan fingerprint density at radius 2 is 2.13 bits per heavy atom. The van der Waals surface area contributed by atoms with E-state index >= 15 is 0 Å². The highest BCUT2D eigenvalue weighted by molar-refractivity contribution is 7.98. The van der Waals surface area contributed by atoms with Gasteiger partial charge in [0.2, 0.25) is 5.91 Å². The van der Waals surface area contributed by atoms with Crippen molar-refractivity contribution in [3.63, 3.8) is 0 Å². The van der Waals surface area contributed by atoms with Crippen LogP contribution in [-0.2, 0) is 15.3 Å². The van der Waals surface area contributed by atoms with E-state index in [0.717, 1.165) is 0 Å². The summed E-state index contributed by atoms with van der Waals surface area (Å²) >= 11 is 1.45. The molecule has 1 amide bonds. The standard InChI is InChI=1S/C15H17N3O4S/c1-9(15(21)22)16-13(19)6-7-23-8-12-17-11-5-3-2-4-10(11)14(20)18-12/h2-5,9H,6-8H2,1H3,(H,16,19)(H,21,22)(H,17,18,20)/t9-/m1/s1. The molecule has 0 unspecified atom stereocenters. The average Bonchev–Trinajstić information content (AvgIpc) is 2.51. The lowest BCUT2D eigenvalue weighted by molar-refractivity contribution is -0.141. The van der Waals surface area contributed by atoms with Crippen molar-refractivity contribution < 1.29 is 14.7 Å². The molecule has 122 valence electrons. The number of carbonyl (C=O) groups excluding carboxylic acids is 1. The molecule has 0 saturated heterocycles. The molecule has 0 spiro atoms. The number of aromatic nitrogens is 2. The van der Waals surface area contributed by atoms with Gasteiger partial charge in [-0.15, -0.1) is 0 Å². The summed E-state index contributed by atoms with van der Waals surface area (Å²) < 4.78 is 0. The maximum atomic E-state index is 11.9. The lowest BCUT2D eigenvalue weighted by Crippen LogP contribution is -2.38. The molecular formula is C15H17N3O4S. The molecule has 0 bridgehead atoms. The molecule has 0 saturated carbocycles. The van der Waals surface area contributed by atoms with Crippen LogP contribution in [0.5, 0.6) is 0 Å². The number of rotatable bonds is 7. The van der Waals surface area contributed by atoms with Gasteiger partial charge in [-0.25, -0.2) is 4.98 Å². The van der Waals surface area contributed by atoms with Crippen molar-refractivity contribution in [3.8, 4) is 0 Å². The number of fused-ring (bicyclic) bond motifs is 1. The van der Waals surface area contributed by atoms with Crippen LogP contribution in [0.2, 0.25) is 0 Å². The fraction of sp³-hybridized carbons (Fsp3) is 0.333. The van der Waals surface area contributed by atoms with Crippen molar-refractivity contribution in [2.24, 2.45) is 0 Å². The van der Waals surface area contributed by atoms with Crippen molar-refractivity contribution >= 4 is 34.5 Å². The number of carboxylic acid groups (broad SMARTS) is 1. The van der Waals surface area contributed by atoms with Gasteiger partial charge in [0, 0.05) is 12.2 Å². The molecule has 1 aromatic carbocycles. The van der Waals surface area contributed by atoms with Gasteiger partial charge in [-0.05, 0) is 19.1 Å². The first-order valence-corrected chi connectivity index (χ1v) is 8.20. The lowest BCUT2D eigenvalue weighted by Gasteiger charge is -2.08. The fourth-order valence-corrected chi connectivity index (χ4v) is 2.72. The summed E-state index contributed by atoms with van der Waals surface area (Å²) in [7, 11) is 0. The molecular weight excluding hydrogens is 318 g/mol. The van der Waals surface area contributed by atoms with Gasteiger partial charge in [0.05, 0.1) is 16.7 Å². The smallest absolute Gasteiger partial charge is 0.325 e. The Labute approximate surface area is 136 Å². The van der Waals surface area contributed by atoms with Crippen LogP contribution in [0.25, 0.3) is 10.9 Å². The number of H-pyrrole nitrogens is 1. The van der Waals surface area contributed by atoms with Gasteiger partial charge < -0.3 is 15.4 Å². The minimum absolute atomic E-state index is 0.181. The summed E-state index contributed by atoms with van der Waals surface area (Å²) in [5, 5.41) is 11.6. The zero-order valence-electron chi connectivity index (χ0n) is 12.5. The van der Waals surface area contributed by atoms with E-state index in [-0.39, 0.29) is 17.9 Å². The summed E-state index contributed by atoms with van der Waals surface area (Å²) in [5.41, 5.74) is 0.458. The third kappa shape index (κ3) is 4.82. The maximum absolute atomic E-state index is 11.9. The van der Waals surface area contributed by atoms with Gasteiger partial charge >= 0.3 is 5.97 Å². The number of amides is 1. The monoisotopic (exact) mass is 335 g/mol. The van der Waals surface area contributed by atoms with Crippen LogP contribution in [0.1, 0.15) is 19.2 Å². The van der Waals surface area contributed by atoms with Gasteiger partial charge in [-0.2, -0.15) is 11.8 Å². The molecule has 0 aliphatic carbocycles. The van der Waals surface area contributed by atoms with E-state index < -0.39 is 12.0 Å². The number of thioether (sulfide) groups is 1. The summed E-state index contributed by atoms with van der Waals surface area (Å²) in [4.78, 5) is 41.2. The van der Waals surface area contributed by atoms with E-state index in [4.69, 9.17) is 5.11 Å². The Hall–Kier alpha value is -2.35. The zero-order valence-corrected chi connectivity index (χ0v) is 13.4. The second kappa shape index (κ2) is 7.77. The minimum Gasteiger partial charge on any atom is -0.480 e. The molecule has 0 fully saturated rings. The third-order valence-electron chi connectivity index (χ3n) is 3.12. The highest BCUT2D eigenvalue weighted by Gasteiger charge is 2.13. The van der Waals surface area contributed by atoms with Crippen LogP contribution in [0.15, 0.2) is 29.1 Å². The van der Waals surface area contributed by atoms with E-state index in [0.29, 0.717) is 28.2 Å². The molecule has 1 heterocycles. The number of nitrogens with zero attached hydrogens (tertiary/aromatic N) is 1. The molecule has 2 rings (SSSR count). The number of hydrogen-bond donors (Lipinski definition) is 3. The highest BCUT2D eigenvalue weighted by Crippen LogP contribution is 2.12. The van der Waals surface area contributed by atoms with Gasteiger partial charge in [0.25, 0.3) is 5.56 Å². The Bertz CT molecular complexity index is 775.